The maximum absolute atomic E-state index is 12.9. The summed E-state index contributed by atoms with van der Waals surface area (Å²) >= 11 is 0. The lowest BCUT2D eigenvalue weighted by Crippen LogP contribution is -2.39. The summed E-state index contributed by atoms with van der Waals surface area (Å²) in [7, 11) is 3.22. The van der Waals surface area contributed by atoms with Crippen molar-refractivity contribution in [3.05, 3.63) is 60.0 Å². The number of aromatic nitrogens is 2. The molecule has 1 aliphatic heterocycles. The molecule has 3 aromatic rings. The van der Waals surface area contributed by atoms with E-state index in [0.717, 1.165) is 30.7 Å². The summed E-state index contributed by atoms with van der Waals surface area (Å²) in [5, 5.41) is 8.46. The van der Waals surface area contributed by atoms with Crippen LogP contribution in [-0.4, -0.2) is 48.3 Å². The Hall–Kier alpha value is -3.35. The molecule has 0 aliphatic carbocycles. The first-order valence-electron chi connectivity index (χ1n) is 9.59. The Morgan fingerprint density at radius 1 is 1.07 bits per heavy atom. The highest BCUT2D eigenvalue weighted by atomic mass is 16.5. The highest BCUT2D eigenvalue weighted by Crippen LogP contribution is 2.32. The van der Waals surface area contributed by atoms with Crippen LogP contribution in [0.1, 0.15) is 35.0 Å². The van der Waals surface area contributed by atoms with Crippen LogP contribution in [0.4, 0.5) is 0 Å². The van der Waals surface area contributed by atoms with Crippen LogP contribution < -0.4 is 9.47 Å². The summed E-state index contributed by atoms with van der Waals surface area (Å²) in [5.41, 5.74) is 1.41. The number of hydrogen-bond donors (Lipinski definition) is 0. The third-order valence-corrected chi connectivity index (χ3v) is 5.17. The summed E-state index contributed by atoms with van der Waals surface area (Å²) in [6, 6.07) is 14.7. The quantitative estimate of drug-likeness (QED) is 0.657. The fourth-order valence-electron chi connectivity index (χ4n) is 3.61. The van der Waals surface area contributed by atoms with Gasteiger partial charge in [-0.25, -0.2) is 0 Å². The zero-order chi connectivity index (χ0) is 20.2. The van der Waals surface area contributed by atoms with Gasteiger partial charge in [0.25, 0.3) is 11.8 Å². The zero-order valence-electron chi connectivity index (χ0n) is 16.5. The monoisotopic (exact) mass is 393 g/mol. The normalized spacial score (nSPS) is 16.5. The third-order valence-electron chi connectivity index (χ3n) is 5.17. The molecule has 0 unspecified atom stereocenters. The highest BCUT2D eigenvalue weighted by molar-refractivity contribution is 5.94. The van der Waals surface area contributed by atoms with E-state index in [1.807, 2.05) is 29.2 Å². The van der Waals surface area contributed by atoms with Gasteiger partial charge in [0, 0.05) is 18.7 Å². The molecule has 0 N–H and O–H groups in total. The van der Waals surface area contributed by atoms with Crippen molar-refractivity contribution in [3.63, 3.8) is 0 Å². The van der Waals surface area contributed by atoms with Crippen LogP contribution in [0.25, 0.3) is 11.5 Å². The first-order chi connectivity index (χ1) is 14.2. The topological polar surface area (TPSA) is 77.7 Å². The molecule has 0 spiro atoms. The molecular weight excluding hydrogens is 370 g/mol. The molecule has 1 aliphatic rings. The van der Waals surface area contributed by atoms with E-state index < -0.39 is 0 Å². The minimum atomic E-state index is 0.00169. The van der Waals surface area contributed by atoms with Gasteiger partial charge in [0.15, 0.2) is 0 Å². The molecule has 29 heavy (non-hydrogen) atoms. The van der Waals surface area contributed by atoms with Crippen molar-refractivity contribution in [2.24, 2.45) is 0 Å². The van der Waals surface area contributed by atoms with Gasteiger partial charge in [-0.05, 0) is 49.2 Å². The number of piperidine rings is 1. The molecule has 2 aromatic carbocycles. The molecule has 4 rings (SSSR count). The van der Waals surface area contributed by atoms with Gasteiger partial charge >= 0.3 is 0 Å². The van der Waals surface area contributed by atoms with E-state index in [0.29, 0.717) is 29.6 Å². The Kier molecular flexibility index (Phi) is 5.46. The van der Waals surface area contributed by atoms with Crippen LogP contribution in [0, 0.1) is 0 Å². The maximum atomic E-state index is 12.9. The minimum absolute atomic E-state index is 0.00169. The Labute approximate surface area is 169 Å². The summed E-state index contributed by atoms with van der Waals surface area (Å²) in [5.74, 6) is 2.41. The number of amides is 1. The number of hydrogen-bond acceptors (Lipinski definition) is 6. The number of nitrogens with zero attached hydrogens (tertiary/aromatic N) is 3. The molecule has 1 amide bonds. The largest absolute Gasteiger partial charge is 0.497 e. The lowest BCUT2D eigenvalue weighted by atomic mass is 9.97. The van der Waals surface area contributed by atoms with Crippen molar-refractivity contribution >= 4 is 5.91 Å². The van der Waals surface area contributed by atoms with Crippen LogP contribution in [-0.2, 0) is 0 Å². The maximum Gasteiger partial charge on any atom is 0.253 e. The van der Waals surface area contributed by atoms with Gasteiger partial charge < -0.3 is 18.8 Å². The van der Waals surface area contributed by atoms with E-state index in [1.54, 1.807) is 38.5 Å². The molecule has 0 radical (unpaired) electrons. The first kappa shape index (κ1) is 19.0. The van der Waals surface area contributed by atoms with Gasteiger partial charge in [0.2, 0.25) is 5.89 Å². The van der Waals surface area contributed by atoms with E-state index >= 15 is 0 Å². The number of carbonyl (C=O) groups is 1. The second kappa shape index (κ2) is 8.34. The number of carbonyl (C=O) groups excluding carboxylic acids is 1. The molecule has 0 saturated carbocycles. The van der Waals surface area contributed by atoms with E-state index in [1.165, 1.54) is 0 Å². The van der Waals surface area contributed by atoms with Gasteiger partial charge in [-0.3, -0.25) is 4.79 Å². The van der Waals surface area contributed by atoms with Crippen LogP contribution in [0.15, 0.2) is 52.9 Å². The van der Waals surface area contributed by atoms with Crippen LogP contribution in [0.5, 0.6) is 11.5 Å². The predicted molar refractivity (Wildman–Crippen MR) is 107 cm³/mol. The van der Waals surface area contributed by atoms with Gasteiger partial charge in [-0.2, -0.15) is 0 Å². The lowest BCUT2D eigenvalue weighted by Gasteiger charge is -2.31. The number of methoxy groups -OCH3 is 2. The lowest BCUT2D eigenvalue weighted by molar-refractivity contribution is 0.0698. The average Bonchev–Trinajstić information content (AvgIpc) is 3.29. The molecule has 7 nitrogen and oxygen atoms in total. The Morgan fingerprint density at radius 3 is 2.62 bits per heavy atom. The Balaban J connectivity index is 1.50. The summed E-state index contributed by atoms with van der Waals surface area (Å²) in [4.78, 5) is 14.7. The van der Waals surface area contributed by atoms with Crippen molar-refractivity contribution in [3.8, 4) is 23.0 Å². The Morgan fingerprint density at radius 2 is 1.86 bits per heavy atom. The van der Waals surface area contributed by atoms with E-state index in [2.05, 4.69) is 10.2 Å². The molecule has 1 fully saturated rings. The van der Waals surface area contributed by atoms with Gasteiger partial charge in [-0.1, -0.05) is 12.1 Å². The van der Waals surface area contributed by atoms with E-state index in [-0.39, 0.29) is 11.8 Å². The smallest absolute Gasteiger partial charge is 0.253 e. The number of likely N-dealkylation sites (tertiary alicyclic amines) is 1. The average molecular weight is 393 g/mol. The fourth-order valence-corrected chi connectivity index (χ4v) is 3.61. The molecule has 0 bridgehead atoms. The number of benzene rings is 2. The number of ether oxygens (including phenoxy) is 2. The standard InChI is InChI=1S/C22H23N3O4/c1-27-17-11-9-15(10-12-17)22(26)25-13-5-6-16(14-25)20-23-24-21(29-20)18-7-3-4-8-19(18)28-2/h3-4,7-12,16H,5-6,13-14H2,1-2H3/t16-/m0/s1. The second-order valence-corrected chi connectivity index (χ2v) is 6.96. The van der Waals surface area contributed by atoms with Crippen LogP contribution in [0.2, 0.25) is 0 Å². The summed E-state index contributed by atoms with van der Waals surface area (Å²) < 4.78 is 16.5. The van der Waals surface area contributed by atoms with Crippen molar-refractivity contribution < 1.29 is 18.7 Å². The van der Waals surface area contributed by atoms with E-state index in [9.17, 15) is 4.79 Å². The molecule has 7 heteroatoms. The number of rotatable bonds is 5. The second-order valence-electron chi connectivity index (χ2n) is 6.96. The number of para-hydroxylation sites is 1. The van der Waals surface area contributed by atoms with Gasteiger partial charge in [-0.15, -0.1) is 10.2 Å². The summed E-state index contributed by atoms with van der Waals surface area (Å²) in [6.07, 6.45) is 1.79. The Bertz CT molecular complexity index is 984. The zero-order valence-corrected chi connectivity index (χ0v) is 16.5. The molecule has 2 heterocycles. The van der Waals surface area contributed by atoms with Gasteiger partial charge in [0.05, 0.1) is 25.7 Å². The SMILES string of the molecule is COc1ccc(C(=O)N2CCC[C@H](c3nnc(-c4ccccc4OC)o3)C2)cc1. The molecule has 1 saturated heterocycles. The molecule has 1 aromatic heterocycles. The van der Waals surface area contributed by atoms with Crippen LogP contribution >= 0.6 is 0 Å². The fraction of sp³-hybridized carbons (Fsp3) is 0.318. The van der Waals surface area contributed by atoms with E-state index in [4.69, 9.17) is 13.9 Å². The highest BCUT2D eigenvalue weighted by Gasteiger charge is 2.29. The van der Waals surface area contributed by atoms with Crippen molar-refractivity contribution in [2.45, 2.75) is 18.8 Å². The van der Waals surface area contributed by atoms with Crippen molar-refractivity contribution in [2.75, 3.05) is 27.3 Å². The molecule has 1 atom stereocenters. The molecular formula is C22H23N3O4. The molecule has 150 valence electrons. The predicted octanol–water partition coefficient (Wildman–Crippen LogP) is 3.77. The minimum Gasteiger partial charge on any atom is -0.497 e. The van der Waals surface area contributed by atoms with Crippen molar-refractivity contribution in [1.82, 2.24) is 15.1 Å². The van der Waals surface area contributed by atoms with Crippen molar-refractivity contribution in [1.29, 1.82) is 0 Å². The third kappa shape index (κ3) is 3.94. The first-order valence-corrected chi connectivity index (χ1v) is 9.59. The summed E-state index contributed by atoms with van der Waals surface area (Å²) in [6.45, 7) is 1.27. The van der Waals surface area contributed by atoms with Crippen LogP contribution in [0.3, 0.4) is 0 Å². The van der Waals surface area contributed by atoms with Gasteiger partial charge in [0.1, 0.15) is 11.5 Å².